The first-order valence-corrected chi connectivity index (χ1v) is 7.50. The summed E-state index contributed by atoms with van der Waals surface area (Å²) in [7, 11) is 1.54. The van der Waals surface area contributed by atoms with Gasteiger partial charge in [0.15, 0.2) is 0 Å². The van der Waals surface area contributed by atoms with E-state index in [9.17, 15) is 9.59 Å². The number of ether oxygens (including phenoxy) is 2. The molecule has 0 atom stereocenters. The largest absolute Gasteiger partial charge is 0.497 e. The molecule has 1 rings (SSSR count). The van der Waals surface area contributed by atoms with E-state index in [2.05, 4.69) is 15.9 Å². The fourth-order valence-corrected chi connectivity index (χ4v) is 2.20. The minimum Gasteiger partial charge on any atom is -0.497 e. The second-order valence-electron chi connectivity index (χ2n) is 4.68. The number of hydrogen-bond donors (Lipinski definition) is 0. The predicted octanol–water partition coefficient (Wildman–Crippen LogP) is 2.87. The van der Waals surface area contributed by atoms with Gasteiger partial charge in [-0.3, -0.25) is 9.59 Å². The van der Waals surface area contributed by atoms with Gasteiger partial charge in [-0.05, 0) is 54.9 Å². The number of esters is 1. The van der Waals surface area contributed by atoms with Crippen LogP contribution in [-0.4, -0.2) is 43.1 Å². The molecule has 0 fully saturated rings. The number of nitrogens with zero attached hydrogens (tertiary/aromatic N) is 1. The first-order chi connectivity index (χ1) is 9.90. The molecule has 1 aromatic rings. The van der Waals surface area contributed by atoms with Crippen LogP contribution in [-0.2, 0) is 9.53 Å². The first-order valence-electron chi connectivity index (χ1n) is 6.70. The Morgan fingerprint density at radius 3 is 2.52 bits per heavy atom. The summed E-state index contributed by atoms with van der Waals surface area (Å²) in [6, 6.07) is 5.02. The Balaban J connectivity index is 3.03. The molecule has 6 heteroatoms. The molecule has 0 aliphatic carbocycles. The molecule has 0 heterocycles. The van der Waals surface area contributed by atoms with Gasteiger partial charge in [-0.1, -0.05) is 0 Å². The monoisotopic (exact) mass is 357 g/mol. The van der Waals surface area contributed by atoms with Gasteiger partial charge in [0.2, 0.25) is 0 Å². The van der Waals surface area contributed by atoms with E-state index >= 15 is 0 Å². The number of hydrogen-bond acceptors (Lipinski definition) is 4. The van der Waals surface area contributed by atoms with E-state index in [1.165, 1.54) is 12.0 Å². The van der Waals surface area contributed by atoms with Crippen molar-refractivity contribution >= 4 is 27.8 Å². The predicted molar refractivity (Wildman–Crippen MR) is 83.5 cm³/mol. The maximum absolute atomic E-state index is 12.6. The van der Waals surface area contributed by atoms with Crippen LogP contribution in [0.25, 0.3) is 0 Å². The summed E-state index contributed by atoms with van der Waals surface area (Å²) in [6.07, 6.45) is 0. The van der Waals surface area contributed by atoms with Crippen molar-refractivity contribution in [1.82, 2.24) is 4.90 Å². The summed E-state index contributed by atoms with van der Waals surface area (Å²) in [5.74, 6) is -0.0798. The smallest absolute Gasteiger partial charge is 0.325 e. The standard InChI is InChI=1S/C15H20BrNO4/c1-5-21-14(18)9-17(10(2)3)15(19)12-8-11(20-4)6-7-13(12)16/h6-8,10H,5,9H2,1-4H3. The molecule has 0 radical (unpaired) electrons. The van der Waals surface area contributed by atoms with E-state index in [1.54, 1.807) is 25.1 Å². The van der Waals surface area contributed by atoms with Crippen molar-refractivity contribution in [3.63, 3.8) is 0 Å². The van der Waals surface area contributed by atoms with Gasteiger partial charge in [-0.2, -0.15) is 0 Å². The fourth-order valence-electron chi connectivity index (χ4n) is 1.78. The summed E-state index contributed by atoms with van der Waals surface area (Å²) in [6.45, 7) is 5.66. The van der Waals surface area contributed by atoms with Crippen molar-refractivity contribution in [1.29, 1.82) is 0 Å². The van der Waals surface area contributed by atoms with Gasteiger partial charge in [0.05, 0.1) is 19.3 Å². The van der Waals surface area contributed by atoms with Gasteiger partial charge in [0, 0.05) is 10.5 Å². The van der Waals surface area contributed by atoms with Gasteiger partial charge >= 0.3 is 5.97 Å². The minimum absolute atomic E-state index is 0.0754. The van der Waals surface area contributed by atoms with Crippen LogP contribution in [0.1, 0.15) is 31.1 Å². The Hall–Kier alpha value is -1.56. The van der Waals surface area contributed by atoms with E-state index < -0.39 is 5.97 Å². The molecule has 0 saturated carbocycles. The maximum atomic E-state index is 12.6. The molecule has 1 amide bonds. The topological polar surface area (TPSA) is 55.8 Å². The van der Waals surface area contributed by atoms with Crippen LogP contribution in [0.2, 0.25) is 0 Å². The molecule has 0 aliphatic rings. The van der Waals surface area contributed by atoms with Gasteiger partial charge in [-0.15, -0.1) is 0 Å². The molecule has 0 unspecified atom stereocenters. The Bertz CT molecular complexity index is 516. The van der Waals surface area contributed by atoms with Crippen molar-refractivity contribution in [2.75, 3.05) is 20.3 Å². The Morgan fingerprint density at radius 1 is 1.33 bits per heavy atom. The molecule has 0 N–H and O–H groups in total. The van der Waals surface area contributed by atoms with Crippen molar-refractivity contribution < 1.29 is 19.1 Å². The Labute approximate surface area is 133 Å². The highest BCUT2D eigenvalue weighted by atomic mass is 79.9. The molecule has 21 heavy (non-hydrogen) atoms. The third-order valence-corrected chi connectivity index (χ3v) is 3.58. The zero-order chi connectivity index (χ0) is 16.0. The lowest BCUT2D eigenvalue weighted by Gasteiger charge is -2.26. The second kappa shape index (κ2) is 8.02. The third-order valence-electron chi connectivity index (χ3n) is 2.89. The number of benzene rings is 1. The van der Waals surface area contributed by atoms with E-state index in [-0.39, 0.29) is 18.5 Å². The molecular weight excluding hydrogens is 338 g/mol. The zero-order valence-electron chi connectivity index (χ0n) is 12.7. The molecule has 1 aromatic carbocycles. The lowest BCUT2D eigenvalue weighted by atomic mass is 10.1. The highest BCUT2D eigenvalue weighted by Crippen LogP contribution is 2.24. The van der Waals surface area contributed by atoms with E-state index in [0.717, 1.165) is 0 Å². The van der Waals surface area contributed by atoms with Crippen LogP contribution in [0, 0.1) is 0 Å². The number of amides is 1. The van der Waals surface area contributed by atoms with E-state index in [1.807, 2.05) is 13.8 Å². The molecular formula is C15H20BrNO4. The van der Waals surface area contributed by atoms with Crippen molar-refractivity contribution in [2.24, 2.45) is 0 Å². The van der Waals surface area contributed by atoms with Crippen molar-refractivity contribution in [3.8, 4) is 5.75 Å². The average molecular weight is 358 g/mol. The Kier molecular flexibility index (Phi) is 6.68. The lowest BCUT2D eigenvalue weighted by Crippen LogP contribution is -2.41. The summed E-state index contributed by atoms with van der Waals surface area (Å²) >= 11 is 3.36. The number of halogens is 1. The molecule has 5 nitrogen and oxygen atoms in total. The minimum atomic E-state index is -0.418. The summed E-state index contributed by atoms with van der Waals surface area (Å²) in [5, 5.41) is 0. The normalized spacial score (nSPS) is 10.4. The molecule has 0 bridgehead atoms. The van der Waals surface area contributed by atoms with Crippen LogP contribution in [0.3, 0.4) is 0 Å². The van der Waals surface area contributed by atoms with E-state index in [0.29, 0.717) is 22.4 Å². The summed E-state index contributed by atoms with van der Waals surface area (Å²) < 4.78 is 10.7. The van der Waals surface area contributed by atoms with Gasteiger partial charge in [-0.25, -0.2) is 0 Å². The molecule has 0 spiro atoms. The van der Waals surface area contributed by atoms with Crippen LogP contribution in [0.15, 0.2) is 22.7 Å². The molecule has 0 saturated heterocycles. The lowest BCUT2D eigenvalue weighted by molar-refractivity contribution is -0.144. The molecule has 116 valence electrons. The van der Waals surface area contributed by atoms with Crippen molar-refractivity contribution in [3.05, 3.63) is 28.2 Å². The van der Waals surface area contributed by atoms with Gasteiger partial charge < -0.3 is 14.4 Å². The highest BCUT2D eigenvalue weighted by Gasteiger charge is 2.24. The number of carbonyl (C=O) groups excluding carboxylic acids is 2. The second-order valence-corrected chi connectivity index (χ2v) is 5.53. The summed E-state index contributed by atoms with van der Waals surface area (Å²) in [4.78, 5) is 25.8. The maximum Gasteiger partial charge on any atom is 0.325 e. The van der Waals surface area contributed by atoms with Crippen LogP contribution >= 0.6 is 15.9 Å². The van der Waals surface area contributed by atoms with Crippen LogP contribution < -0.4 is 4.74 Å². The fraction of sp³-hybridized carbons (Fsp3) is 0.467. The molecule has 0 aliphatic heterocycles. The molecule has 0 aromatic heterocycles. The van der Waals surface area contributed by atoms with E-state index in [4.69, 9.17) is 9.47 Å². The Morgan fingerprint density at radius 2 is 2.00 bits per heavy atom. The van der Waals surface area contributed by atoms with Crippen LogP contribution in [0.5, 0.6) is 5.75 Å². The highest BCUT2D eigenvalue weighted by molar-refractivity contribution is 9.10. The number of rotatable bonds is 6. The quantitative estimate of drug-likeness (QED) is 0.734. The van der Waals surface area contributed by atoms with Crippen molar-refractivity contribution in [2.45, 2.75) is 26.8 Å². The van der Waals surface area contributed by atoms with Crippen LogP contribution in [0.4, 0.5) is 0 Å². The summed E-state index contributed by atoms with van der Waals surface area (Å²) in [5.41, 5.74) is 0.451. The number of methoxy groups -OCH3 is 1. The zero-order valence-corrected chi connectivity index (χ0v) is 14.3. The van der Waals surface area contributed by atoms with Gasteiger partial charge in [0.25, 0.3) is 5.91 Å². The SMILES string of the molecule is CCOC(=O)CN(C(=O)c1cc(OC)ccc1Br)C(C)C. The average Bonchev–Trinajstić information content (AvgIpc) is 2.44. The first kappa shape index (κ1) is 17.5. The van der Waals surface area contributed by atoms with Gasteiger partial charge in [0.1, 0.15) is 12.3 Å². The third kappa shape index (κ3) is 4.74. The number of carbonyl (C=O) groups is 2.